The van der Waals surface area contributed by atoms with Crippen LogP contribution in [-0.2, 0) is 9.59 Å². The van der Waals surface area contributed by atoms with E-state index in [1.807, 2.05) is 29.2 Å². The predicted molar refractivity (Wildman–Crippen MR) is 141 cm³/mol. The number of benzene rings is 2. The van der Waals surface area contributed by atoms with Gasteiger partial charge in [0.2, 0.25) is 0 Å². The third kappa shape index (κ3) is 9.55. The molecule has 2 heterocycles. The van der Waals surface area contributed by atoms with Gasteiger partial charge in [-0.1, -0.05) is 18.6 Å². The van der Waals surface area contributed by atoms with E-state index in [-0.39, 0.29) is 6.04 Å². The van der Waals surface area contributed by atoms with Crippen molar-refractivity contribution in [1.29, 1.82) is 10.5 Å². The summed E-state index contributed by atoms with van der Waals surface area (Å²) in [6.07, 6.45) is 5.57. The molecule has 2 aliphatic heterocycles. The first kappa shape index (κ1) is 28.1. The Bertz CT molecular complexity index is 1070. The Morgan fingerprint density at radius 3 is 2.09 bits per heavy atom. The van der Waals surface area contributed by atoms with Gasteiger partial charge in [0, 0.05) is 15.8 Å². The van der Waals surface area contributed by atoms with Gasteiger partial charge in [-0.15, -0.1) is 0 Å². The van der Waals surface area contributed by atoms with Gasteiger partial charge in [-0.05, 0) is 97.6 Å². The number of piperidine rings is 2. The van der Waals surface area contributed by atoms with Gasteiger partial charge in [-0.3, -0.25) is 4.79 Å². The van der Waals surface area contributed by atoms with Gasteiger partial charge in [0.05, 0.1) is 23.3 Å². The van der Waals surface area contributed by atoms with Crippen LogP contribution < -0.4 is 10.2 Å². The van der Waals surface area contributed by atoms with E-state index in [0.717, 1.165) is 60.0 Å². The summed E-state index contributed by atoms with van der Waals surface area (Å²) in [6, 6.07) is 18.0. The Kier molecular flexibility index (Phi) is 12.0. The van der Waals surface area contributed by atoms with Gasteiger partial charge in [0.1, 0.15) is 12.1 Å². The van der Waals surface area contributed by atoms with Crippen LogP contribution in [0.5, 0.6) is 0 Å². The smallest absolute Gasteiger partial charge is 0.326 e. The van der Waals surface area contributed by atoms with Crippen LogP contribution in [0.15, 0.2) is 48.5 Å². The largest absolute Gasteiger partial charge is 0.480 e. The lowest BCUT2D eigenvalue weighted by Gasteiger charge is -2.34. The molecule has 0 amide bonds. The van der Waals surface area contributed by atoms with Gasteiger partial charge in [-0.25, -0.2) is 4.79 Å². The van der Waals surface area contributed by atoms with Gasteiger partial charge in [0.25, 0.3) is 0 Å². The monoisotopic (exact) mass is 588 g/mol. The zero-order chi connectivity index (χ0) is 25.6. The van der Waals surface area contributed by atoms with Crippen LogP contribution in [0.25, 0.3) is 0 Å². The lowest BCUT2D eigenvalue weighted by atomic mass is 10.0. The van der Waals surface area contributed by atoms with E-state index in [0.29, 0.717) is 12.0 Å². The molecule has 35 heavy (non-hydrogen) atoms. The van der Waals surface area contributed by atoms with E-state index in [1.165, 1.54) is 0 Å². The third-order valence-electron chi connectivity index (χ3n) is 5.66. The summed E-state index contributed by atoms with van der Waals surface area (Å²) in [6.45, 7) is 1.60. The zero-order valence-electron chi connectivity index (χ0n) is 19.4. The topological polar surface area (TPSA) is 137 Å². The second-order valence-electron chi connectivity index (χ2n) is 8.17. The number of carboxylic acids is 2. The van der Waals surface area contributed by atoms with Gasteiger partial charge >= 0.3 is 11.9 Å². The van der Waals surface area contributed by atoms with Crippen molar-refractivity contribution in [2.45, 2.75) is 50.6 Å². The summed E-state index contributed by atoms with van der Waals surface area (Å²) in [5, 5.41) is 37.8. The summed E-state index contributed by atoms with van der Waals surface area (Å²) in [7, 11) is 0. The molecule has 8 nitrogen and oxygen atoms in total. The molecule has 0 spiro atoms. The number of hydrogen-bond acceptors (Lipinski definition) is 6. The second-order valence-corrected chi connectivity index (χ2v) is 9.41. The summed E-state index contributed by atoms with van der Waals surface area (Å²) in [5.74, 6) is -1.50. The Morgan fingerprint density at radius 1 is 0.914 bits per heavy atom. The molecular formula is C26H29IN4O4. The van der Waals surface area contributed by atoms with Gasteiger partial charge < -0.3 is 20.4 Å². The number of carbonyl (C=O) groups is 2. The number of halogens is 1. The highest BCUT2D eigenvalue weighted by Crippen LogP contribution is 2.25. The lowest BCUT2D eigenvalue weighted by Crippen LogP contribution is -2.44. The van der Waals surface area contributed by atoms with E-state index in [9.17, 15) is 14.7 Å². The van der Waals surface area contributed by atoms with Gasteiger partial charge in [0.15, 0.2) is 0 Å². The molecule has 2 saturated heterocycles. The summed E-state index contributed by atoms with van der Waals surface area (Å²) in [4.78, 5) is 23.4. The first-order valence-corrected chi connectivity index (χ1v) is 12.5. The molecule has 2 aromatic carbocycles. The zero-order valence-corrected chi connectivity index (χ0v) is 21.5. The van der Waals surface area contributed by atoms with Gasteiger partial charge in [-0.2, -0.15) is 10.5 Å². The fraction of sp³-hybridized carbons (Fsp3) is 0.385. The number of nitrogens with one attached hydrogen (secondary N) is 1. The van der Waals surface area contributed by atoms with Crippen molar-refractivity contribution in [3.8, 4) is 12.1 Å². The SMILES string of the molecule is N#Cc1cccc(I)c1.N#Cc1cccc(N2CCCCC2C(=O)O)c1.O=C(O)C1CCCCN1. The minimum absolute atomic E-state index is 0.279. The highest BCUT2D eigenvalue weighted by molar-refractivity contribution is 14.1. The Balaban J connectivity index is 0.000000203. The van der Waals surface area contributed by atoms with Crippen LogP contribution in [0.4, 0.5) is 5.69 Å². The van der Waals surface area contributed by atoms with Crippen LogP contribution >= 0.6 is 22.6 Å². The molecule has 3 N–H and O–H groups in total. The average molecular weight is 588 g/mol. The normalized spacial score (nSPS) is 18.9. The maximum atomic E-state index is 11.2. The van der Waals surface area contributed by atoms with Crippen molar-refractivity contribution < 1.29 is 19.8 Å². The molecule has 2 fully saturated rings. The maximum Gasteiger partial charge on any atom is 0.326 e. The average Bonchev–Trinajstić information content (AvgIpc) is 2.90. The van der Waals surface area contributed by atoms with Crippen LogP contribution in [-0.4, -0.2) is 47.3 Å². The molecule has 2 aromatic rings. The fourth-order valence-corrected chi connectivity index (χ4v) is 4.42. The van der Waals surface area contributed by atoms with Crippen LogP contribution in [0.2, 0.25) is 0 Å². The summed E-state index contributed by atoms with van der Waals surface area (Å²) < 4.78 is 1.10. The molecule has 9 heteroatoms. The molecule has 4 rings (SSSR count). The Labute approximate surface area is 219 Å². The number of rotatable bonds is 3. The molecule has 2 aliphatic rings. The lowest BCUT2D eigenvalue weighted by molar-refractivity contribution is -0.140. The predicted octanol–water partition coefficient (Wildman–Crippen LogP) is 4.38. The minimum atomic E-state index is -0.785. The standard InChI is InChI=1S/C13H14N2O2.C7H4IN.C6H11NO2/c14-9-10-4-3-5-11(8-10)15-7-2-1-6-12(15)13(16)17;8-7-3-1-2-6(4-7)5-9;8-6(9)5-3-1-2-4-7-5/h3-5,8,12H,1-2,6-7H2,(H,16,17);1-4H;5,7H,1-4H2,(H,8,9). The fourth-order valence-electron chi connectivity index (χ4n) is 3.87. The first-order chi connectivity index (χ1) is 16.8. The van der Waals surface area contributed by atoms with Crippen molar-refractivity contribution in [2.75, 3.05) is 18.0 Å². The maximum absolute atomic E-state index is 11.2. The third-order valence-corrected chi connectivity index (χ3v) is 6.33. The molecule has 0 aromatic heterocycles. The molecule has 0 bridgehead atoms. The molecule has 0 saturated carbocycles. The van der Waals surface area contributed by atoms with E-state index in [1.54, 1.807) is 24.3 Å². The van der Waals surface area contributed by atoms with E-state index in [2.05, 4.69) is 40.0 Å². The van der Waals surface area contributed by atoms with E-state index < -0.39 is 18.0 Å². The number of hydrogen-bond donors (Lipinski definition) is 3. The molecule has 0 radical (unpaired) electrons. The van der Waals surface area contributed by atoms with Crippen LogP contribution in [0.3, 0.4) is 0 Å². The van der Waals surface area contributed by atoms with E-state index in [4.69, 9.17) is 15.6 Å². The Morgan fingerprint density at radius 2 is 1.57 bits per heavy atom. The van der Waals surface area contributed by atoms with Crippen molar-refractivity contribution in [3.05, 3.63) is 63.2 Å². The van der Waals surface area contributed by atoms with Crippen molar-refractivity contribution in [1.82, 2.24) is 5.32 Å². The number of nitrogens with zero attached hydrogens (tertiary/aromatic N) is 3. The number of carboxylic acid groups (broad SMARTS) is 2. The quantitative estimate of drug-likeness (QED) is 0.450. The first-order valence-electron chi connectivity index (χ1n) is 11.5. The molecular weight excluding hydrogens is 559 g/mol. The summed E-state index contributed by atoms with van der Waals surface area (Å²) >= 11 is 2.18. The van der Waals surface area contributed by atoms with Crippen LogP contribution in [0.1, 0.15) is 49.7 Å². The van der Waals surface area contributed by atoms with E-state index >= 15 is 0 Å². The van der Waals surface area contributed by atoms with Crippen molar-refractivity contribution in [3.63, 3.8) is 0 Å². The Hall–Kier alpha value is -3.15. The minimum Gasteiger partial charge on any atom is -0.480 e. The molecule has 2 unspecified atom stereocenters. The van der Waals surface area contributed by atoms with Crippen molar-refractivity contribution in [2.24, 2.45) is 0 Å². The highest BCUT2D eigenvalue weighted by Gasteiger charge is 2.28. The number of nitriles is 2. The molecule has 0 aliphatic carbocycles. The highest BCUT2D eigenvalue weighted by atomic mass is 127. The molecule has 184 valence electrons. The number of aliphatic carboxylic acids is 2. The number of anilines is 1. The second kappa shape index (κ2) is 15.0. The van der Waals surface area contributed by atoms with Crippen LogP contribution in [0, 0.1) is 26.2 Å². The molecule has 2 atom stereocenters. The van der Waals surface area contributed by atoms with Crippen molar-refractivity contribution >= 4 is 40.2 Å². The summed E-state index contributed by atoms with van der Waals surface area (Å²) in [5.41, 5.74) is 2.12.